The molecule has 0 spiro atoms. The number of nitrogens with zero attached hydrogens (tertiary/aromatic N) is 5. The molecule has 0 aliphatic carbocycles. The molecule has 1 fully saturated rings. The maximum atomic E-state index is 12.6. The highest BCUT2D eigenvalue weighted by Crippen LogP contribution is 2.29. The van der Waals surface area contributed by atoms with E-state index in [1.807, 2.05) is 36.9 Å². The van der Waals surface area contributed by atoms with Gasteiger partial charge in [-0.1, -0.05) is 18.7 Å². The lowest BCUT2D eigenvalue weighted by Crippen LogP contribution is -2.30. The summed E-state index contributed by atoms with van der Waals surface area (Å²) in [5.74, 6) is 2.54. The van der Waals surface area contributed by atoms with Gasteiger partial charge in [0.1, 0.15) is 11.6 Å². The van der Waals surface area contributed by atoms with Crippen molar-refractivity contribution in [2.24, 2.45) is 0 Å². The monoisotopic (exact) mass is 468 g/mol. The molecule has 1 saturated heterocycles. The van der Waals surface area contributed by atoms with Crippen LogP contribution in [0.5, 0.6) is 5.75 Å². The maximum Gasteiger partial charge on any atom is 0.251 e. The van der Waals surface area contributed by atoms with Crippen LogP contribution in [0, 0.1) is 0 Å². The molecule has 1 N–H and O–H groups in total. The first-order chi connectivity index (χ1) is 16.0. The van der Waals surface area contributed by atoms with Gasteiger partial charge in [-0.2, -0.15) is 5.10 Å². The molecule has 3 heterocycles. The number of ether oxygens (including phenoxy) is 1. The number of carbonyl (C=O) groups is 1. The largest absolute Gasteiger partial charge is 0.491 e. The first-order valence-corrected chi connectivity index (χ1v) is 12.7. The Morgan fingerprint density at radius 1 is 1.15 bits per heavy atom. The van der Waals surface area contributed by atoms with Crippen LogP contribution in [0.25, 0.3) is 11.0 Å². The lowest BCUT2D eigenvalue weighted by atomic mass is 10.1. The van der Waals surface area contributed by atoms with E-state index in [0.717, 1.165) is 46.6 Å². The Morgan fingerprint density at radius 3 is 2.61 bits per heavy atom. The molecule has 3 aromatic rings. The number of benzene rings is 1. The molecule has 4 rings (SSSR count). The Balaban J connectivity index is 1.45. The van der Waals surface area contributed by atoms with Gasteiger partial charge in [0.05, 0.1) is 24.2 Å². The minimum absolute atomic E-state index is 0.101. The molecule has 1 aromatic carbocycles. The van der Waals surface area contributed by atoms with Gasteiger partial charge in [0.25, 0.3) is 5.91 Å². The third kappa shape index (κ3) is 5.76. The van der Waals surface area contributed by atoms with E-state index in [1.165, 1.54) is 19.3 Å². The molecule has 1 aliphatic rings. The predicted molar refractivity (Wildman–Crippen MR) is 132 cm³/mol. The summed E-state index contributed by atoms with van der Waals surface area (Å²) in [5, 5.41) is 9.31. The summed E-state index contributed by atoms with van der Waals surface area (Å²) in [6.07, 6.45) is 5.60. The van der Waals surface area contributed by atoms with Gasteiger partial charge in [-0.25, -0.2) is 14.6 Å². The molecule has 0 atom stereocenters. The zero-order valence-corrected chi connectivity index (χ0v) is 20.4. The number of rotatable bonds is 9. The summed E-state index contributed by atoms with van der Waals surface area (Å²) >= 11 is 1.64. The van der Waals surface area contributed by atoms with Crippen LogP contribution in [0.2, 0.25) is 0 Å². The number of piperidine rings is 1. The Labute approximate surface area is 199 Å². The summed E-state index contributed by atoms with van der Waals surface area (Å²) in [6, 6.07) is 7.20. The summed E-state index contributed by atoms with van der Waals surface area (Å²) in [7, 11) is 0. The fourth-order valence-electron chi connectivity index (χ4n) is 3.96. The van der Waals surface area contributed by atoms with Crippen LogP contribution in [0.15, 0.2) is 35.6 Å². The van der Waals surface area contributed by atoms with Gasteiger partial charge in [-0.3, -0.25) is 4.79 Å². The molecule has 9 heteroatoms. The maximum absolute atomic E-state index is 12.6. The summed E-state index contributed by atoms with van der Waals surface area (Å²) in [5.41, 5.74) is 1.43. The molecule has 1 aliphatic heterocycles. The van der Waals surface area contributed by atoms with Crippen molar-refractivity contribution in [2.45, 2.75) is 57.8 Å². The number of nitrogens with one attached hydrogen (secondary N) is 1. The van der Waals surface area contributed by atoms with Crippen molar-refractivity contribution < 1.29 is 9.53 Å². The zero-order valence-electron chi connectivity index (χ0n) is 19.6. The summed E-state index contributed by atoms with van der Waals surface area (Å²) in [4.78, 5) is 24.5. The van der Waals surface area contributed by atoms with E-state index in [9.17, 15) is 4.79 Å². The van der Waals surface area contributed by atoms with E-state index < -0.39 is 0 Å². The minimum atomic E-state index is -0.117. The molecule has 0 radical (unpaired) electrons. The molecule has 0 saturated carbocycles. The van der Waals surface area contributed by atoms with Gasteiger partial charge in [-0.05, 0) is 63.1 Å². The number of carbonyl (C=O) groups excluding carboxylic acids is 1. The van der Waals surface area contributed by atoms with Crippen LogP contribution in [0.1, 0.15) is 50.4 Å². The van der Waals surface area contributed by atoms with Crippen molar-refractivity contribution in [3.8, 4) is 5.75 Å². The van der Waals surface area contributed by atoms with Gasteiger partial charge in [0, 0.05) is 25.2 Å². The Hall–Kier alpha value is -2.81. The molecule has 33 heavy (non-hydrogen) atoms. The molecule has 0 unspecified atom stereocenters. The molecular formula is C24H32N6O2S. The van der Waals surface area contributed by atoms with Crippen LogP contribution < -0.4 is 15.0 Å². The van der Waals surface area contributed by atoms with Crippen molar-refractivity contribution in [2.75, 3.05) is 30.3 Å². The third-order valence-electron chi connectivity index (χ3n) is 5.48. The van der Waals surface area contributed by atoms with Crippen LogP contribution in [0.3, 0.4) is 0 Å². The number of hydrogen-bond donors (Lipinski definition) is 1. The fourth-order valence-corrected chi connectivity index (χ4v) is 4.52. The number of hydrogen-bond acceptors (Lipinski definition) is 7. The molecule has 8 nitrogen and oxygen atoms in total. The van der Waals surface area contributed by atoms with E-state index in [4.69, 9.17) is 14.7 Å². The molecule has 0 bridgehead atoms. The third-order valence-corrected chi connectivity index (χ3v) is 6.21. The predicted octanol–water partition coefficient (Wildman–Crippen LogP) is 4.15. The van der Waals surface area contributed by atoms with Crippen molar-refractivity contribution in [3.63, 3.8) is 0 Å². The number of aromatic nitrogens is 4. The number of anilines is 1. The Bertz CT molecular complexity index is 1080. The van der Waals surface area contributed by atoms with E-state index >= 15 is 0 Å². The topological polar surface area (TPSA) is 85.2 Å². The van der Waals surface area contributed by atoms with Crippen molar-refractivity contribution >= 4 is 34.5 Å². The van der Waals surface area contributed by atoms with E-state index in [-0.39, 0.29) is 12.0 Å². The van der Waals surface area contributed by atoms with Crippen LogP contribution in [-0.2, 0) is 6.54 Å². The quantitative estimate of drug-likeness (QED) is 0.373. The Kier molecular flexibility index (Phi) is 7.69. The highest BCUT2D eigenvalue weighted by atomic mass is 32.2. The van der Waals surface area contributed by atoms with Crippen LogP contribution in [-0.4, -0.2) is 57.1 Å². The molecule has 1 amide bonds. The lowest BCUT2D eigenvalue weighted by Gasteiger charge is -2.28. The lowest BCUT2D eigenvalue weighted by molar-refractivity contribution is 0.0952. The van der Waals surface area contributed by atoms with Crippen LogP contribution in [0.4, 0.5) is 5.82 Å². The van der Waals surface area contributed by atoms with Crippen LogP contribution >= 0.6 is 11.8 Å². The zero-order chi connectivity index (χ0) is 23.2. The van der Waals surface area contributed by atoms with E-state index in [1.54, 1.807) is 23.9 Å². The highest BCUT2D eigenvalue weighted by molar-refractivity contribution is 7.99. The summed E-state index contributed by atoms with van der Waals surface area (Å²) in [6.45, 7) is 9.09. The van der Waals surface area contributed by atoms with Gasteiger partial charge < -0.3 is 15.0 Å². The normalized spacial score (nSPS) is 14.1. The average molecular weight is 469 g/mol. The second kappa shape index (κ2) is 10.9. The Morgan fingerprint density at radius 2 is 1.91 bits per heavy atom. The SMILES string of the molecule is CCSc1nc(N2CCCCC2)c2cnn(CCNC(=O)c3ccc(OC(C)C)cc3)c2n1. The second-order valence-electron chi connectivity index (χ2n) is 8.36. The first-order valence-electron chi connectivity index (χ1n) is 11.7. The van der Waals surface area contributed by atoms with E-state index in [0.29, 0.717) is 18.7 Å². The van der Waals surface area contributed by atoms with Crippen molar-refractivity contribution in [1.29, 1.82) is 0 Å². The molecule has 176 valence electrons. The average Bonchev–Trinajstić information content (AvgIpc) is 3.22. The van der Waals surface area contributed by atoms with Gasteiger partial charge in [-0.15, -0.1) is 0 Å². The summed E-state index contributed by atoms with van der Waals surface area (Å²) < 4.78 is 7.50. The number of fused-ring (bicyclic) bond motifs is 1. The van der Waals surface area contributed by atoms with Gasteiger partial charge in [0.15, 0.2) is 10.8 Å². The van der Waals surface area contributed by atoms with Crippen molar-refractivity contribution in [3.05, 3.63) is 36.0 Å². The number of thioether (sulfide) groups is 1. The number of amides is 1. The minimum Gasteiger partial charge on any atom is -0.491 e. The van der Waals surface area contributed by atoms with Gasteiger partial charge in [0.2, 0.25) is 0 Å². The van der Waals surface area contributed by atoms with Crippen molar-refractivity contribution in [1.82, 2.24) is 25.1 Å². The van der Waals surface area contributed by atoms with E-state index in [2.05, 4.69) is 22.2 Å². The smallest absolute Gasteiger partial charge is 0.251 e. The second-order valence-corrected chi connectivity index (χ2v) is 9.59. The highest BCUT2D eigenvalue weighted by Gasteiger charge is 2.20. The van der Waals surface area contributed by atoms with Gasteiger partial charge >= 0.3 is 0 Å². The fraction of sp³-hybridized carbons (Fsp3) is 0.500. The molecular weight excluding hydrogens is 436 g/mol. The first kappa shape index (κ1) is 23.4. The standard InChI is InChI=1S/C24H32N6O2S/c1-4-33-24-27-21(29-13-6-5-7-14-29)20-16-26-30(22(20)28-24)15-12-25-23(31)18-8-10-19(11-9-18)32-17(2)3/h8-11,16-17H,4-7,12-15H2,1-3H3,(H,25,31). The molecule has 2 aromatic heterocycles.